The third kappa shape index (κ3) is 6.13. The molecule has 0 N–H and O–H groups in total. The van der Waals surface area contributed by atoms with E-state index >= 15 is 0 Å². The van der Waals surface area contributed by atoms with Gasteiger partial charge in [0.15, 0.2) is 0 Å². The first-order chi connectivity index (χ1) is 30.2. The molecule has 0 atom stereocenters. The Morgan fingerprint density at radius 2 is 0.787 bits per heavy atom. The van der Waals surface area contributed by atoms with Crippen molar-refractivity contribution in [2.45, 2.75) is 0 Å². The largest absolute Gasteiger partial charge is 0.310 e. The molecule has 2 aromatic heterocycles. The van der Waals surface area contributed by atoms with Gasteiger partial charge < -0.3 is 4.90 Å². The van der Waals surface area contributed by atoms with Crippen molar-refractivity contribution in [2.24, 2.45) is 0 Å². The van der Waals surface area contributed by atoms with Crippen LogP contribution in [0.1, 0.15) is 0 Å². The summed E-state index contributed by atoms with van der Waals surface area (Å²) >= 11 is 3.73. The number of thiophene rings is 2. The fraction of sp³-hybridized carbons (Fsp3) is 0. The molecular weight excluding hydrogens is 775 g/mol. The van der Waals surface area contributed by atoms with Gasteiger partial charge in [0.25, 0.3) is 0 Å². The maximum atomic E-state index is 2.43. The number of nitrogens with zero attached hydrogens (tertiary/aromatic N) is 1. The second-order valence-corrected chi connectivity index (χ2v) is 17.8. The standard InChI is InChI=1S/C58H37NS2/c1-2-15-44-39(13-1)14-11-21-47(44)46-17-4-3-16-45(46)40-29-34-43(35-30-40)59(42-32-27-38(28-33-42)41-31-36-50-49-19-6-9-24-54(49)61-57(50)37-41)53-23-8-5-18-48(53)51-22-12-26-56-58(51)52-20-7-10-25-55(52)60-56/h1-37H. The zero-order valence-electron chi connectivity index (χ0n) is 33.1. The molecule has 0 saturated carbocycles. The molecule has 12 aromatic rings. The number of anilines is 3. The Hall–Kier alpha value is -7.30. The predicted molar refractivity (Wildman–Crippen MR) is 266 cm³/mol. The lowest BCUT2D eigenvalue weighted by molar-refractivity contribution is 1.28. The molecule has 1 nitrogen and oxygen atoms in total. The van der Waals surface area contributed by atoms with E-state index in [0.717, 1.165) is 17.1 Å². The van der Waals surface area contributed by atoms with Crippen LogP contribution < -0.4 is 4.90 Å². The van der Waals surface area contributed by atoms with Crippen molar-refractivity contribution >= 4 is 90.9 Å². The van der Waals surface area contributed by atoms with Crippen LogP contribution in [-0.4, -0.2) is 0 Å². The Labute approximate surface area is 362 Å². The molecule has 3 heteroatoms. The highest BCUT2D eigenvalue weighted by Crippen LogP contribution is 2.47. The lowest BCUT2D eigenvalue weighted by atomic mass is 9.91. The van der Waals surface area contributed by atoms with E-state index in [1.807, 2.05) is 22.7 Å². The van der Waals surface area contributed by atoms with Crippen molar-refractivity contribution < 1.29 is 0 Å². The Balaban J connectivity index is 0.998. The van der Waals surface area contributed by atoms with E-state index in [9.17, 15) is 0 Å². The van der Waals surface area contributed by atoms with Crippen molar-refractivity contribution in [3.8, 4) is 44.5 Å². The van der Waals surface area contributed by atoms with Crippen molar-refractivity contribution in [1.82, 2.24) is 0 Å². The number of fused-ring (bicyclic) bond motifs is 7. The van der Waals surface area contributed by atoms with Crippen LogP contribution >= 0.6 is 22.7 Å². The van der Waals surface area contributed by atoms with Crippen LogP contribution in [0.3, 0.4) is 0 Å². The molecule has 0 radical (unpaired) electrons. The first-order valence-corrected chi connectivity index (χ1v) is 22.4. The van der Waals surface area contributed by atoms with Gasteiger partial charge in [-0.15, -0.1) is 22.7 Å². The predicted octanol–water partition coefficient (Wildman–Crippen LogP) is 17.7. The van der Waals surface area contributed by atoms with E-state index in [4.69, 9.17) is 0 Å². The van der Waals surface area contributed by atoms with Crippen molar-refractivity contribution in [2.75, 3.05) is 4.90 Å². The molecule has 61 heavy (non-hydrogen) atoms. The van der Waals surface area contributed by atoms with Gasteiger partial charge in [-0.25, -0.2) is 0 Å². The van der Waals surface area contributed by atoms with Gasteiger partial charge in [-0.05, 0) is 104 Å². The van der Waals surface area contributed by atoms with Crippen molar-refractivity contribution in [3.05, 3.63) is 224 Å². The first-order valence-electron chi connectivity index (χ1n) is 20.7. The Morgan fingerprint density at radius 3 is 1.59 bits per heavy atom. The molecule has 0 aliphatic rings. The monoisotopic (exact) mass is 811 g/mol. The van der Waals surface area contributed by atoms with Crippen LogP contribution in [0.5, 0.6) is 0 Å². The zero-order chi connectivity index (χ0) is 40.3. The molecule has 0 saturated heterocycles. The van der Waals surface area contributed by atoms with Gasteiger partial charge in [-0.1, -0.05) is 170 Å². The average molecular weight is 812 g/mol. The second kappa shape index (κ2) is 14.8. The highest BCUT2D eigenvalue weighted by atomic mass is 32.1. The number of para-hydroxylation sites is 1. The summed E-state index contributed by atoms with van der Waals surface area (Å²) < 4.78 is 5.25. The van der Waals surface area contributed by atoms with Crippen molar-refractivity contribution in [1.29, 1.82) is 0 Å². The summed E-state index contributed by atoms with van der Waals surface area (Å²) in [5, 5.41) is 7.76. The van der Waals surface area contributed by atoms with Crippen LogP contribution in [-0.2, 0) is 0 Å². The Kier molecular flexibility index (Phi) is 8.62. The van der Waals surface area contributed by atoms with E-state index in [1.54, 1.807) is 0 Å². The van der Waals surface area contributed by atoms with Gasteiger partial charge in [0, 0.05) is 57.3 Å². The third-order valence-corrected chi connectivity index (χ3v) is 14.4. The van der Waals surface area contributed by atoms with Gasteiger partial charge in [-0.2, -0.15) is 0 Å². The highest BCUT2D eigenvalue weighted by Gasteiger charge is 2.21. The topological polar surface area (TPSA) is 3.24 Å². The molecule has 10 aromatic carbocycles. The lowest BCUT2D eigenvalue weighted by Crippen LogP contribution is -2.11. The quantitative estimate of drug-likeness (QED) is 0.155. The third-order valence-electron chi connectivity index (χ3n) is 12.1. The smallest absolute Gasteiger partial charge is 0.0540 e. The summed E-state index contributed by atoms with van der Waals surface area (Å²) in [4.78, 5) is 2.43. The zero-order valence-corrected chi connectivity index (χ0v) is 34.8. The molecule has 0 fully saturated rings. The summed E-state index contributed by atoms with van der Waals surface area (Å²) in [7, 11) is 0. The maximum Gasteiger partial charge on any atom is 0.0540 e. The normalized spacial score (nSPS) is 11.6. The number of hydrogen-bond donors (Lipinski definition) is 0. The molecule has 0 aliphatic heterocycles. The molecule has 0 spiro atoms. The van der Waals surface area contributed by atoms with Crippen LogP contribution in [0, 0.1) is 0 Å². The Bertz CT molecular complexity index is 3590. The second-order valence-electron chi connectivity index (χ2n) is 15.6. The number of hydrogen-bond acceptors (Lipinski definition) is 3. The summed E-state index contributed by atoms with van der Waals surface area (Å²) in [6.07, 6.45) is 0. The summed E-state index contributed by atoms with van der Waals surface area (Å²) in [6.45, 7) is 0. The minimum atomic E-state index is 1.10. The highest BCUT2D eigenvalue weighted by molar-refractivity contribution is 7.26. The summed E-state index contributed by atoms with van der Waals surface area (Å²) in [6, 6.07) is 82.4. The fourth-order valence-electron chi connectivity index (χ4n) is 9.25. The average Bonchev–Trinajstić information content (AvgIpc) is 3.90. The SMILES string of the molecule is c1ccc(-c2cccc3ccccc23)c(-c2ccc(N(c3ccc(-c4ccc5c(c4)sc4ccccc45)cc3)c3ccccc3-c3cccc4sc5ccccc5c34)cc2)c1. The van der Waals surface area contributed by atoms with Gasteiger partial charge in [0.1, 0.15) is 0 Å². The van der Waals surface area contributed by atoms with E-state index < -0.39 is 0 Å². The summed E-state index contributed by atoms with van der Waals surface area (Å²) in [5.41, 5.74) is 13.1. The van der Waals surface area contributed by atoms with E-state index in [0.29, 0.717) is 0 Å². The molecule has 0 amide bonds. The molecule has 0 bridgehead atoms. The number of rotatable bonds is 7. The molecule has 2 heterocycles. The molecule has 0 unspecified atom stereocenters. The molecular formula is C58H37NS2. The van der Waals surface area contributed by atoms with E-state index in [1.165, 1.54) is 95.6 Å². The minimum absolute atomic E-state index is 1.10. The van der Waals surface area contributed by atoms with Gasteiger partial charge in [0.05, 0.1) is 5.69 Å². The molecule has 0 aliphatic carbocycles. The van der Waals surface area contributed by atoms with Gasteiger partial charge in [-0.3, -0.25) is 0 Å². The van der Waals surface area contributed by atoms with Gasteiger partial charge in [0.2, 0.25) is 0 Å². The van der Waals surface area contributed by atoms with E-state index in [-0.39, 0.29) is 0 Å². The minimum Gasteiger partial charge on any atom is -0.310 e. The van der Waals surface area contributed by atoms with Crippen molar-refractivity contribution in [3.63, 3.8) is 0 Å². The fourth-order valence-corrected chi connectivity index (χ4v) is 11.5. The number of benzene rings is 10. The Morgan fingerprint density at radius 1 is 0.279 bits per heavy atom. The maximum absolute atomic E-state index is 2.43. The van der Waals surface area contributed by atoms with Gasteiger partial charge >= 0.3 is 0 Å². The summed E-state index contributed by atoms with van der Waals surface area (Å²) in [5.74, 6) is 0. The van der Waals surface area contributed by atoms with Crippen LogP contribution in [0.15, 0.2) is 224 Å². The first kappa shape index (κ1) is 35.6. The van der Waals surface area contributed by atoms with Crippen LogP contribution in [0.25, 0.3) is 95.6 Å². The molecule has 12 rings (SSSR count). The molecule has 286 valence electrons. The van der Waals surface area contributed by atoms with Crippen LogP contribution in [0.2, 0.25) is 0 Å². The van der Waals surface area contributed by atoms with Crippen LogP contribution in [0.4, 0.5) is 17.1 Å². The lowest BCUT2D eigenvalue weighted by Gasteiger charge is -2.28. The van der Waals surface area contributed by atoms with E-state index in [2.05, 4.69) is 229 Å².